The summed E-state index contributed by atoms with van der Waals surface area (Å²) in [5, 5.41) is 4.46. The molecule has 1 aliphatic carbocycles. The first kappa shape index (κ1) is 22.3. The third kappa shape index (κ3) is 5.29. The van der Waals surface area contributed by atoms with Gasteiger partial charge in [0.05, 0.1) is 0 Å². The molecule has 0 N–H and O–H groups in total. The van der Waals surface area contributed by atoms with Gasteiger partial charge < -0.3 is 0 Å². The molecule has 27 heavy (non-hydrogen) atoms. The molecule has 3 aromatic carbocycles. The van der Waals surface area contributed by atoms with Gasteiger partial charge in [0, 0.05) is 0 Å². The molecule has 0 amide bonds. The number of hydrogen-bond acceptors (Lipinski definition) is 0. The van der Waals surface area contributed by atoms with Crippen LogP contribution in [0.5, 0.6) is 0 Å². The van der Waals surface area contributed by atoms with Gasteiger partial charge in [-0.3, -0.25) is 0 Å². The minimum Gasteiger partial charge on any atom is -0.153 e. The molecule has 0 radical (unpaired) electrons. The summed E-state index contributed by atoms with van der Waals surface area (Å²) in [6.07, 6.45) is 6.87. The van der Waals surface area contributed by atoms with Crippen LogP contribution in [0.1, 0.15) is 43.6 Å². The number of rotatable bonds is 4. The average molecular weight is 459 g/mol. The lowest BCUT2D eigenvalue weighted by Crippen LogP contribution is -2.25. The molecule has 1 aliphatic rings. The Morgan fingerprint density at radius 3 is 1.63 bits per heavy atom. The maximum atomic E-state index is 2.40. The molecule has 0 spiro atoms. The molecule has 0 nitrogen and oxygen atoms in total. The van der Waals surface area contributed by atoms with Gasteiger partial charge in [-0.1, -0.05) is 104 Å². The molecule has 142 valence electrons. The van der Waals surface area contributed by atoms with E-state index in [0.717, 1.165) is 5.92 Å². The molecule has 1 atom stereocenters. The zero-order valence-corrected chi connectivity index (χ0v) is 19.8. The van der Waals surface area contributed by atoms with Gasteiger partial charge in [0.25, 0.3) is 0 Å². The second-order valence-electron chi connectivity index (χ2n) is 6.90. The van der Waals surface area contributed by atoms with E-state index in [1.165, 1.54) is 42.7 Å². The highest BCUT2D eigenvalue weighted by Crippen LogP contribution is 2.39. The predicted molar refractivity (Wildman–Crippen MR) is 132 cm³/mol. The molecule has 3 aromatic rings. The van der Waals surface area contributed by atoms with Crippen molar-refractivity contribution in [2.24, 2.45) is 0 Å². The highest BCUT2D eigenvalue weighted by Gasteiger charge is 2.24. The third-order valence-electron chi connectivity index (χ3n) is 5.25. The van der Waals surface area contributed by atoms with Gasteiger partial charge in [-0.15, -0.1) is 17.0 Å². The van der Waals surface area contributed by atoms with E-state index in [-0.39, 0.29) is 26.9 Å². The zero-order chi connectivity index (χ0) is 16.9. The Morgan fingerprint density at radius 1 is 0.593 bits per heavy atom. The van der Waals surface area contributed by atoms with Crippen molar-refractivity contribution in [3.63, 3.8) is 0 Å². The quantitative estimate of drug-likeness (QED) is 0.412. The zero-order valence-electron chi connectivity index (χ0n) is 15.8. The Balaban J connectivity index is 0.00000131. The first-order valence-corrected chi connectivity index (χ1v) is 10.8. The van der Waals surface area contributed by atoms with E-state index in [1.54, 1.807) is 10.9 Å². The molecule has 1 fully saturated rings. The summed E-state index contributed by atoms with van der Waals surface area (Å²) in [6, 6.07) is 31.4. The van der Waals surface area contributed by atoms with E-state index in [1.807, 2.05) is 0 Å². The van der Waals surface area contributed by atoms with E-state index >= 15 is 0 Å². The van der Waals surface area contributed by atoms with Crippen LogP contribution in [0.2, 0.25) is 0 Å². The Hall–Kier alpha value is -1.00. The number of benzene rings is 3. The molecular formula is C24H29BrP2. The monoisotopic (exact) mass is 458 g/mol. The number of halogens is 1. The maximum Gasteiger partial charge on any atom is -0.0116 e. The third-order valence-corrected chi connectivity index (χ3v) is 7.77. The van der Waals surface area contributed by atoms with Gasteiger partial charge in [-0.05, 0) is 48.2 Å². The average Bonchev–Trinajstić information content (AvgIpc) is 2.71. The molecule has 3 heteroatoms. The van der Waals surface area contributed by atoms with Crippen molar-refractivity contribution in [1.29, 1.82) is 0 Å². The standard InChI is InChI=1S/C24H25P.BrH.H3P/c1-4-12-20(13-5-1)23-18-10-11-19-24(23)25(21-14-6-2-7-15-21)22-16-8-3-9-17-22;;/h2-3,6-11,14-20H,1,4-5,12-13H2;1H;1H3. The van der Waals surface area contributed by atoms with Crippen molar-refractivity contribution in [3.8, 4) is 0 Å². The van der Waals surface area contributed by atoms with Crippen LogP contribution in [-0.2, 0) is 0 Å². The van der Waals surface area contributed by atoms with Gasteiger partial charge in [-0.2, -0.15) is 9.90 Å². The van der Waals surface area contributed by atoms with Crippen molar-refractivity contribution in [3.05, 3.63) is 90.5 Å². The van der Waals surface area contributed by atoms with Crippen molar-refractivity contribution in [2.75, 3.05) is 0 Å². The van der Waals surface area contributed by atoms with E-state index in [9.17, 15) is 0 Å². The van der Waals surface area contributed by atoms with Crippen LogP contribution in [0.15, 0.2) is 84.9 Å². The van der Waals surface area contributed by atoms with Crippen LogP contribution >= 0.6 is 34.8 Å². The highest BCUT2D eigenvalue weighted by atomic mass is 79.9. The highest BCUT2D eigenvalue weighted by molar-refractivity contribution is 8.93. The fraction of sp³-hybridized carbons (Fsp3) is 0.250. The smallest absolute Gasteiger partial charge is 0.0116 e. The fourth-order valence-electron chi connectivity index (χ4n) is 4.03. The summed E-state index contributed by atoms with van der Waals surface area (Å²) < 4.78 is 0. The van der Waals surface area contributed by atoms with Crippen molar-refractivity contribution in [1.82, 2.24) is 0 Å². The summed E-state index contributed by atoms with van der Waals surface area (Å²) in [4.78, 5) is 0. The molecule has 0 bridgehead atoms. The van der Waals surface area contributed by atoms with Crippen molar-refractivity contribution >= 4 is 50.7 Å². The molecule has 4 rings (SSSR count). The summed E-state index contributed by atoms with van der Waals surface area (Å²) in [5.74, 6) is 0.738. The predicted octanol–water partition coefficient (Wildman–Crippen LogP) is 6.13. The second-order valence-corrected chi connectivity index (χ2v) is 9.09. The minimum atomic E-state index is -0.492. The molecule has 0 aliphatic heterocycles. The molecule has 1 unspecified atom stereocenters. The fourth-order valence-corrected chi connectivity index (χ4v) is 6.58. The van der Waals surface area contributed by atoms with E-state index in [0.29, 0.717) is 0 Å². The van der Waals surface area contributed by atoms with Crippen LogP contribution in [0, 0.1) is 0 Å². The van der Waals surface area contributed by atoms with E-state index in [2.05, 4.69) is 84.9 Å². The molecule has 0 aromatic heterocycles. The van der Waals surface area contributed by atoms with Crippen LogP contribution in [0.3, 0.4) is 0 Å². The van der Waals surface area contributed by atoms with Gasteiger partial charge in [0.2, 0.25) is 0 Å². The topological polar surface area (TPSA) is 0 Å². The summed E-state index contributed by atoms with van der Waals surface area (Å²) >= 11 is 0. The summed E-state index contributed by atoms with van der Waals surface area (Å²) in [5.41, 5.74) is 1.60. The van der Waals surface area contributed by atoms with Gasteiger partial charge in [0.1, 0.15) is 0 Å². The Bertz CT molecular complexity index is 759. The maximum absolute atomic E-state index is 2.40. The Labute approximate surface area is 178 Å². The molecule has 0 saturated heterocycles. The second kappa shape index (κ2) is 11.1. The number of hydrogen-bond donors (Lipinski definition) is 0. The lowest BCUT2D eigenvalue weighted by Gasteiger charge is -2.28. The van der Waals surface area contributed by atoms with Gasteiger partial charge in [0.15, 0.2) is 0 Å². The van der Waals surface area contributed by atoms with Crippen LogP contribution in [0.4, 0.5) is 0 Å². The van der Waals surface area contributed by atoms with Crippen LogP contribution < -0.4 is 15.9 Å². The Kier molecular flexibility index (Phi) is 9.17. The molecule has 0 heterocycles. The van der Waals surface area contributed by atoms with Crippen molar-refractivity contribution in [2.45, 2.75) is 38.0 Å². The van der Waals surface area contributed by atoms with E-state index < -0.39 is 7.92 Å². The minimum absolute atomic E-state index is 0. The lowest BCUT2D eigenvalue weighted by molar-refractivity contribution is 0.445. The molecule has 1 saturated carbocycles. The SMILES string of the molecule is Br.P.c1ccc(P(c2ccccc2)c2ccccc2C2CCCCC2)cc1. The summed E-state index contributed by atoms with van der Waals surface area (Å²) in [7, 11) is -0.492. The van der Waals surface area contributed by atoms with E-state index in [4.69, 9.17) is 0 Å². The summed E-state index contributed by atoms with van der Waals surface area (Å²) in [6.45, 7) is 0. The Morgan fingerprint density at radius 2 is 1.07 bits per heavy atom. The molecular weight excluding hydrogens is 430 g/mol. The lowest BCUT2D eigenvalue weighted by atomic mass is 9.84. The van der Waals surface area contributed by atoms with Gasteiger partial charge >= 0.3 is 0 Å². The van der Waals surface area contributed by atoms with Crippen molar-refractivity contribution < 1.29 is 0 Å². The first-order valence-electron chi connectivity index (χ1n) is 9.42. The van der Waals surface area contributed by atoms with Gasteiger partial charge in [-0.25, -0.2) is 0 Å². The first-order chi connectivity index (χ1) is 12.4. The largest absolute Gasteiger partial charge is 0.153 e. The normalized spacial score (nSPS) is 14.3. The van der Waals surface area contributed by atoms with Crippen LogP contribution in [0.25, 0.3) is 0 Å². The van der Waals surface area contributed by atoms with Crippen LogP contribution in [-0.4, -0.2) is 0 Å².